The Balaban J connectivity index is 1.90. The van der Waals surface area contributed by atoms with Crippen LogP contribution in [0.1, 0.15) is 24.1 Å². The predicted molar refractivity (Wildman–Crippen MR) is 68.8 cm³/mol. The van der Waals surface area contributed by atoms with Gasteiger partial charge in [0.15, 0.2) is 0 Å². The summed E-state index contributed by atoms with van der Waals surface area (Å²) in [6.07, 6.45) is 4.03. The molecule has 1 aromatic rings. The molecule has 0 atom stereocenters. The molecule has 4 heteroatoms. The van der Waals surface area contributed by atoms with Crippen molar-refractivity contribution in [3.05, 3.63) is 29.6 Å². The predicted octanol–water partition coefficient (Wildman–Crippen LogP) is 1.81. The van der Waals surface area contributed by atoms with E-state index in [1.807, 2.05) is 12.1 Å². The van der Waals surface area contributed by atoms with E-state index in [-0.39, 0.29) is 0 Å². The largest absolute Gasteiger partial charge is 0.384 e. The van der Waals surface area contributed by atoms with Gasteiger partial charge in [-0.2, -0.15) is 5.26 Å². The Hall–Kier alpha value is -1.44. The van der Waals surface area contributed by atoms with Crippen LogP contribution in [-0.4, -0.2) is 36.7 Å². The molecule has 18 heavy (non-hydrogen) atoms. The van der Waals surface area contributed by atoms with E-state index >= 15 is 0 Å². The van der Waals surface area contributed by atoms with Gasteiger partial charge in [0.25, 0.3) is 0 Å². The van der Waals surface area contributed by atoms with Crippen LogP contribution in [0.2, 0.25) is 0 Å². The second kappa shape index (κ2) is 6.48. The van der Waals surface area contributed by atoms with E-state index < -0.39 is 0 Å². The molecule has 0 bridgehead atoms. The lowest BCUT2D eigenvalue weighted by molar-refractivity contribution is 0.0967. The number of hydrogen-bond acceptors (Lipinski definition) is 4. The maximum Gasteiger partial charge on any atom is 0.144 e. The Labute approximate surface area is 108 Å². The van der Waals surface area contributed by atoms with Crippen LogP contribution in [0.15, 0.2) is 18.3 Å². The molecule has 0 amide bonds. The fourth-order valence-corrected chi connectivity index (χ4v) is 2.45. The number of hydrogen-bond donors (Lipinski definition) is 0. The molecule has 2 heterocycles. The van der Waals surface area contributed by atoms with Gasteiger partial charge in [0.05, 0.1) is 0 Å². The summed E-state index contributed by atoms with van der Waals surface area (Å²) < 4.78 is 5.20. The zero-order valence-electron chi connectivity index (χ0n) is 10.8. The van der Waals surface area contributed by atoms with Gasteiger partial charge >= 0.3 is 0 Å². The fourth-order valence-electron chi connectivity index (χ4n) is 2.45. The Morgan fingerprint density at radius 2 is 2.28 bits per heavy atom. The van der Waals surface area contributed by atoms with Gasteiger partial charge < -0.3 is 4.74 Å². The molecule has 0 spiro atoms. The first kappa shape index (κ1) is 13.0. The van der Waals surface area contributed by atoms with E-state index in [4.69, 9.17) is 10.00 Å². The monoisotopic (exact) mass is 245 g/mol. The first-order valence-electron chi connectivity index (χ1n) is 6.38. The number of ether oxygens (including phenoxy) is 1. The van der Waals surface area contributed by atoms with Crippen LogP contribution in [0.4, 0.5) is 0 Å². The highest BCUT2D eigenvalue weighted by molar-refractivity contribution is 5.30. The Morgan fingerprint density at radius 1 is 1.50 bits per heavy atom. The molecule has 1 saturated heterocycles. The molecule has 1 aliphatic heterocycles. The topological polar surface area (TPSA) is 49.1 Å². The highest BCUT2D eigenvalue weighted by Crippen LogP contribution is 2.19. The van der Waals surface area contributed by atoms with Crippen molar-refractivity contribution in [2.45, 2.75) is 19.4 Å². The van der Waals surface area contributed by atoms with Crippen molar-refractivity contribution >= 4 is 0 Å². The molecule has 1 fully saturated rings. The van der Waals surface area contributed by atoms with Crippen LogP contribution in [-0.2, 0) is 11.3 Å². The van der Waals surface area contributed by atoms with E-state index in [2.05, 4.69) is 16.0 Å². The van der Waals surface area contributed by atoms with Gasteiger partial charge in [0.1, 0.15) is 11.8 Å². The Bertz CT molecular complexity index is 419. The minimum absolute atomic E-state index is 0.552. The third kappa shape index (κ3) is 3.28. The highest BCUT2D eigenvalue weighted by atomic mass is 16.5. The van der Waals surface area contributed by atoms with Crippen LogP contribution in [0.3, 0.4) is 0 Å². The van der Waals surface area contributed by atoms with Crippen molar-refractivity contribution in [3.8, 4) is 6.07 Å². The lowest BCUT2D eigenvalue weighted by atomic mass is 9.97. The standard InChI is InChI=1S/C14H19N3O/c1-18-11-12-4-7-17(8-5-12)10-13-3-2-6-16-14(13)9-15/h2-3,6,12H,4-5,7-8,10-11H2,1H3. The highest BCUT2D eigenvalue weighted by Gasteiger charge is 2.19. The van der Waals surface area contributed by atoms with Crippen LogP contribution >= 0.6 is 0 Å². The number of methoxy groups -OCH3 is 1. The van der Waals surface area contributed by atoms with Crippen LogP contribution in [0, 0.1) is 17.2 Å². The smallest absolute Gasteiger partial charge is 0.144 e. The van der Waals surface area contributed by atoms with Gasteiger partial charge in [-0.1, -0.05) is 6.07 Å². The van der Waals surface area contributed by atoms with E-state index in [1.165, 1.54) is 12.8 Å². The van der Waals surface area contributed by atoms with Gasteiger partial charge in [0.2, 0.25) is 0 Å². The molecule has 1 aliphatic rings. The summed E-state index contributed by atoms with van der Waals surface area (Å²) in [5, 5.41) is 9.01. The first-order valence-corrected chi connectivity index (χ1v) is 6.38. The number of nitriles is 1. The molecule has 96 valence electrons. The van der Waals surface area contributed by atoms with Crippen molar-refractivity contribution in [1.82, 2.24) is 9.88 Å². The van der Waals surface area contributed by atoms with Crippen molar-refractivity contribution in [3.63, 3.8) is 0 Å². The number of pyridine rings is 1. The van der Waals surface area contributed by atoms with Crippen LogP contribution in [0.25, 0.3) is 0 Å². The van der Waals surface area contributed by atoms with Gasteiger partial charge in [-0.25, -0.2) is 4.98 Å². The first-order chi connectivity index (χ1) is 8.83. The average molecular weight is 245 g/mol. The summed E-state index contributed by atoms with van der Waals surface area (Å²) in [4.78, 5) is 6.49. The molecule has 4 nitrogen and oxygen atoms in total. The maximum absolute atomic E-state index is 9.01. The Kier molecular flexibility index (Phi) is 4.68. The second-order valence-electron chi connectivity index (χ2n) is 4.80. The number of aromatic nitrogens is 1. The van der Waals surface area contributed by atoms with Gasteiger partial charge in [0, 0.05) is 32.0 Å². The zero-order valence-corrected chi connectivity index (χ0v) is 10.8. The van der Waals surface area contributed by atoms with E-state index in [0.717, 1.165) is 31.8 Å². The average Bonchev–Trinajstić information content (AvgIpc) is 2.42. The number of rotatable bonds is 4. The van der Waals surface area contributed by atoms with Crippen LogP contribution in [0.5, 0.6) is 0 Å². The van der Waals surface area contributed by atoms with Crippen molar-refractivity contribution in [2.75, 3.05) is 26.8 Å². The van der Waals surface area contributed by atoms with Crippen molar-refractivity contribution in [1.29, 1.82) is 5.26 Å². The molecule has 0 saturated carbocycles. The summed E-state index contributed by atoms with van der Waals surface area (Å²) in [7, 11) is 1.77. The summed E-state index contributed by atoms with van der Waals surface area (Å²) in [6.45, 7) is 3.85. The van der Waals surface area contributed by atoms with E-state index in [1.54, 1.807) is 13.3 Å². The third-order valence-electron chi connectivity index (χ3n) is 3.50. The fraction of sp³-hybridized carbons (Fsp3) is 0.571. The molecule has 0 unspecified atom stereocenters. The Morgan fingerprint density at radius 3 is 2.94 bits per heavy atom. The minimum atomic E-state index is 0.552. The normalized spacial score (nSPS) is 17.6. The van der Waals surface area contributed by atoms with Gasteiger partial charge in [-0.15, -0.1) is 0 Å². The van der Waals surface area contributed by atoms with Crippen LogP contribution < -0.4 is 0 Å². The number of likely N-dealkylation sites (tertiary alicyclic amines) is 1. The molecule has 0 aliphatic carbocycles. The molecular formula is C14H19N3O. The third-order valence-corrected chi connectivity index (χ3v) is 3.50. The van der Waals surface area contributed by atoms with Crippen molar-refractivity contribution < 1.29 is 4.74 Å². The molecule has 0 radical (unpaired) electrons. The molecule has 0 N–H and O–H groups in total. The second-order valence-corrected chi connectivity index (χ2v) is 4.80. The van der Waals surface area contributed by atoms with Gasteiger partial charge in [-0.05, 0) is 37.9 Å². The lowest BCUT2D eigenvalue weighted by Crippen LogP contribution is -2.34. The number of piperidine rings is 1. The molecule has 2 rings (SSSR count). The number of nitrogens with zero attached hydrogens (tertiary/aromatic N) is 3. The summed E-state index contributed by atoms with van der Waals surface area (Å²) in [5.74, 6) is 0.690. The van der Waals surface area contributed by atoms with E-state index in [9.17, 15) is 0 Å². The molecule has 0 aromatic carbocycles. The quantitative estimate of drug-likeness (QED) is 0.811. The SMILES string of the molecule is COCC1CCN(Cc2cccnc2C#N)CC1. The molecular weight excluding hydrogens is 226 g/mol. The van der Waals surface area contributed by atoms with Crippen molar-refractivity contribution in [2.24, 2.45) is 5.92 Å². The molecule has 1 aromatic heterocycles. The summed E-state index contributed by atoms with van der Waals surface area (Å²) in [5.41, 5.74) is 1.58. The van der Waals surface area contributed by atoms with Gasteiger partial charge in [-0.3, -0.25) is 4.90 Å². The maximum atomic E-state index is 9.01. The lowest BCUT2D eigenvalue weighted by Gasteiger charge is -2.31. The summed E-state index contributed by atoms with van der Waals surface area (Å²) >= 11 is 0. The zero-order chi connectivity index (χ0) is 12.8. The van der Waals surface area contributed by atoms with E-state index in [0.29, 0.717) is 11.6 Å². The summed E-state index contributed by atoms with van der Waals surface area (Å²) in [6, 6.07) is 6.05. The minimum Gasteiger partial charge on any atom is -0.384 e.